The number of amides is 1. The molecule has 7 heteroatoms. The number of halogens is 1. The fraction of sp³-hybridized carbons (Fsp3) is 0.211. The minimum Gasteiger partial charge on any atom is -0.494 e. The monoisotopic (exact) mass is 357 g/mol. The van der Waals surface area contributed by atoms with Crippen LogP contribution in [0.2, 0.25) is 0 Å². The molecule has 0 saturated heterocycles. The van der Waals surface area contributed by atoms with Gasteiger partial charge in [-0.25, -0.2) is 9.18 Å². The molecule has 0 saturated carbocycles. The Morgan fingerprint density at radius 1 is 1.15 bits per heavy atom. The third kappa shape index (κ3) is 3.28. The topological polar surface area (TPSA) is 81.7 Å². The molecular formula is C19H16FNO5. The van der Waals surface area contributed by atoms with Crippen LogP contribution < -0.4 is 10.1 Å². The Bertz CT molecular complexity index is 909. The Kier molecular flexibility index (Phi) is 4.71. The van der Waals surface area contributed by atoms with E-state index >= 15 is 0 Å². The summed E-state index contributed by atoms with van der Waals surface area (Å²) in [5.41, 5.74) is 1.71. The summed E-state index contributed by atoms with van der Waals surface area (Å²) in [5, 5.41) is 2.72. The second-order valence-electron chi connectivity index (χ2n) is 5.86. The zero-order valence-electron chi connectivity index (χ0n) is 14.2. The van der Waals surface area contributed by atoms with E-state index in [1.807, 2.05) is 0 Å². The second-order valence-corrected chi connectivity index (χ2v) is 5.86. The van der Waals surface area contributed by atoms with Crippen LogP contribution in [0.4, 0.5) is 10.1 Å². The molecule has 3 rings (SSSR count). The van der Waals surface area contributed by atoms with E-state index in [2.05, 4.69) is 5.32 Å². The molecule has 134 valence electrons. The molecule has 1 aliphatic rings. The van der Waals surface area contributed by atoms with Crippen LogP contribution in [0, 0.1) is 5.82 Å². The molecule has 2 aromatic carbocycles. The van der Waals surface area contributed by atoms with Gasteiger partial charge in [0.2, 0.25) is 5.91 Å². The lowest BCUT2D eigenvalue weighted by atomic mass is 9.99. The number of carbonyl (C=O) groups is 3. The smallest absolute Gasteiger partial charge is 0.338 e. The third-order valence-electron chi connectivity index (χ3n) is 4.21. The number of Topliss-reactive ketones (excluding diaryl/α,β-unsaturated/α-hetero) is 1. The number of fused-ring (bicyclic) bond motifs is 1. The number of ketones is 1. The van der Waals surface area contributed by atoms with Crippen LogP contribution in [-0.2, 0) is 9.53 Å². The molecule has 2 aromatic rings. The number of esters is 1. The van der Waals surface area contributed by atoms with Crippen LogP contribution >= 0.6 is 0 Å². The minimum absolute atomic E-state index is 0.00745. The van der Waals surface area contributed by atoms with Gasteiger partial charge in [0.25, 0.3) is 0 Å². The summed E-state index contributed by atoms with van der Waals surface area (Å²) in [6, 6.07) is 8.45. The van der Waals surface area contributed by atoms with Crippen molar-refractivity contribution in [2.45, 2.75) is 12.8 Å². The van der Waals surface area contributed by atoms with Gasteiger partial charge >= 0.3 is 5.97 Å². The maximum Gasteiger partial charge on any atom is 0.338 e. The van der Waals surface area contributed by atoms with E-state index < -0.39 is 24.2 Å². The van der Waals surface area contributed by atoms with Crippen LogP contribution in [-0.4, -0.2) is 31.4 Å². The molecule has 1 amide bonds. The standard InChI is InChI=1S/C19H16FNO5/c1-10-13-7-11(3-5-15(13)21-18(10)23)16(22)9-26-19(24)12-4-6-17(25-2)14(20)8-12/h3-8,10H,9H2,1-2H3,(H,21,23)/t10-/m1/s1. The van der Waals surface area contributed by atoms with Crippen molar-refractivity contribution in [1.82, 2.24) is 0 Å². The van der Waals surface area contributed by atoms with Crippen LogP contribution in [0.5, 0.6) is 5.75 Å². The molecule has 6 nitrogen and oxygen atoms in total. The Morgan fingerprint density at radius 2 is 1.88 bits per heavy atom. The fourth-order valence-electron chi connectivity index (χ4n) is 2.68. The highest BCUT2D eigenvalue weighted by Gasteiger charge is 2.27. The molecule has 1 aliphatic heterocycles. The van der Waals surface area contributed by atoms with E-state index in [1.165, 1.54) is 19.2 Å². The van der Waals surface area contributed by atoms with Gasteiger partial charge in [0, 0.05) is 11.3 Å². The second kappa shape index (κ2) is 6.95. The van der Waals surface area contributed by atoms with E-state index in [0.717, 1.165) is 11.6 Å². The highest BCUT2D eigenvalue weighted by Crippen LogP contribution is 2.32. The Morgan fingerprint density at radius 3 is 2.58 bits per heavy atom. The van der Waals surface area contributed by atoms with Gasteiger partial charge in [0.1, 0.15) is 0 Å². The first kappa shape index (κ1) is 17.6. The number of nitrogens with one attached hydrogen (secondary N) is 1. The summed E-state index contributed by atoms with van der Waals surface area (Å²) in [5.74, 6) is -2.39. The lowest BCUT2D eigenvalue weighted by Gasteiger charge is -2.08. The lowest BCUT2D eigenvalue weighted by Crippen LogP contribution is -2.14. The number of carbonyl (C=O) groups excluding carboxylic acids is 3. The van der Waals surface area contributed by atoms with Gasteiger partial charge in [0.05, 0.1) is 18.6 Å². The maximum atomic E-state index is 13.6. The Labute approximate surface area is 148 Å². The van der Waals surface area contributed by atoms with E-state index in [4.69, 9.17) is 9.47 Å². The molecule has 0 spiro atoms. The molecule has 0 aliphatic carbocycles. The van der Waals surface area contributed by atoms with Crippen LogP contribution in [0.3, 0.4) is 0 Å². The van der Waals surface area contributed by atoms with Gasteiger partial charge in [-0.1, -0.05) is 0 Å². The minimum atomic E-state index is -0.814. The van der Waals surface area contributed by atoms with Gasteiger partial charge in [-0.15, -0.1) is 0 Å². The third-order valence-corrected chi connectivity index (χ3v) is 4.21. The number of methoxy groups -OCH3 is 1. The maximum absolute atomic E-state index is 13.6. The predicted molar refractivity (Wildman–Crippen MR) is 91.1 cm³/mol. The predicted octanol–water partition coefficient (Wildman–Crippen LogP) is 2.93. The van der Waals surface area contributed by atoms with Crippen molar-refractivity contribution in [3.8, 4) is 5.75 Å². The van der Waals surface area contributed by atoms with Crippen molar-refractivity contribution in [3.63, 3.8) is 0 Å². The summed E-state index contributed by atoms with van der Waals surface area (Å²) in [6.07, 6.45) is 0. The highest BCUT2D eigenvalue weighted by atomic mass is 19.1. The molecule has 26 heavy (non-hydrogen) atoms. The van der Waals surface area contributed by atoms with Crippen molar-refractivity contribution in [2.24, 2.45) is 0 Å². The Hall–Kier alpha value is -3.22. The van der Waals surface area contributed by atoms with E-state index in [0.29, 0.717) is 11.3 Å². The van der Waals surface area contributed by atoms with Crippen molar-refractivity contribution < 1.29 is 28.2 Å². The average Bonchev–Trinajstić information content (AvgIpc) is 2.93. The largest absolute Gasteiger partial charge is 0.494 e. The summed E-state index contributed by atoms with van der Waals surface area (Å²) < 4.78 is 23.4. The molecule has 0 aromatic heterocycles. The molecule has 0 unspecified atom stereocenters. The zero-order valence-corrected chi connectivity index (χ0v) is 14.2. The van der Waals surface area contributed by atoms with Gasteiger partial charge in [-0.3, -0.25) is 9.59 Å². The van der Waals surface area contributed by atoms with Gasteiger partial charge < -0.3 is 14.8 Å². The first-order valence-corrected chi connectivity index (χ1v) is 7.89. The van der Waals surface area contributed by atoms with Crippen LogP contribution in [0.1, 0.15) is 39.1 Å². The molecule has 0 fully saturated rings. The zero-order chi connectivity index (χ0) is 18.8. The molecular weight excluding hydrogens is 341 g/mol. The molecule has 0 radical (unpaired) electrons. The van der Waals surface area contributed by atoms with Gasteiger partial charge in [-0.2, -0.15) is 0 Å². The fourth-order valence-corrected chi connectivity index (χ4v) is 2.68. The van der Waals surface area contributed by atoms with E-state index in [-0.39, 0.29) is 23.1 Å². The quantitative estimate of drug-likeness (QED) is 0.657. The first-order chi connectivity index (χ1) is 12.4. The summed E-state index contributed by atoms with van der Waals surface area (Å²) in [7, 11) is 1.32. The number of ether oxygens (including phenoxy) is 2. The SMILES string of the molecule is COc1ccc(C(=O)OCC(=O)c2ccc3c(c2)[C@@H](C)C(=O)N3)cc1F. The summed E-state index contributed by atoms with van der Waals surface area (Å²) in [4.78, 5) is 35.9. The first-order valence-electron chi connectivity index (χ1n) is 7.89. The van der Waals surface area contributed by atoms with Crippen molar-refractivity contribution in [1.29, 1.82) is 0 Å². The van der Waals surface area contributed by atoms with Crippen molar-refractivity contribution in [3.05, 3.63) is 58.9 Å². The van der Waals surface area contributed by atoms with Crippen molar-refractivity contribution in [2.75, 3.05) is 19.0 Å². The molecule has 1 heterocycles. The van der Waals surface area contributed by atoms with E-state index in [9.17, 15) is 18.8 Å². The number of hydrogen-bond acceptors (Lipinski definition) is 5. The van der Waals surface area contributed by atoms with Gasteiger partial charge in [0.15, 0.2) is 24.0 Å². The summed E-state index contributed by atoms with van der Waals surface area (Å²) in [6.45, 7) is 1.26. The van der Waals surface area contributed by atoms with Crippen LogP contribution in [0.25, 0.3) is 0 Å². The molecule has 1 atom stereocenters. The number of anilines is 1. The molecule has 1 N–H and O–H groups in total. The Balaban J connectivity index is 1.67. The molecule has 0 bridgehead atoms. The summed E-state index contributed by atoms with van der Waals surface area (Å²) >= 11 is 0. The number of rotatable bonds is 5. The number of hydrogen-bond donors (Lipinski definition) is 1. The lowest BCUT2D eigenvalue weighted by molar-refractivity contribution is -0.116. The van der Waals surface area contributed by atoms with Crippen LogP contribution in [0.15, 0.2) is 36.4 Å². The highest BCUT2D eigenvalue weighted by molar-refractivity contribution is 6.05. The van der Waals surface area contributed by atoms with Gasteiger partial charge in [-0.05, 0) is 48.9 Å². The van der Waals surface area contributed by atoms with Crippen molar-refractivity contribution >= 4 is 23.3 Å². The van der Waals surface area contributed by atoms with E-state index in [1.54, 1.807) is 25.1 Å². The average molecular weight is 357 g/mol. The number of benzene rings is 2. The normalized spacial score (nSPS) is 15.2.